The number of nitrogens with one attached hydrogen (secondary N) is 2. The number of piperidine rings is 1. The van der Waals surface area contributed by atoms with Gasteiger partial charge < -0.3 is 15.5 Å². The molecule has 154 valence electrons. The molecular weight excluding hydrogens is 381 g/mol. The van der Waals surface area contributed by atoms with Crippen LogP contribution in [0.15, 0.2) is 30.3 Å². The van der Waals surface area contributed by atoms with E-state index in [1.165, 1.54) is 31.4 Å². The van der Waals surface area contributed by atoms with Crippen molar-refractivity contribution in [1.82, 2.24) is 15.5 Å². The highest BCUT2D eigenvalue weighted by Gasteiger charge is 2.22. The molecule has 2 saturated heterocycles. The summed E-state index contributed by atoms with van der Waals surface area (Å²) in [6.07, 6.45) is 6.55. The molecule has 2 fully saturated rings. The molecule has 2 heterocycles. The van der Waals surface area contributed by atoms with Gasteiger partial charge >= 0.3 is 0 Å². The zero-order chi connectivity index (χ0) is 17.3. The fraction of sp³-hybridized carbons (Fsp3) is 0.667. The minimum absolute atomic E-state index is 0. The van der Waals surface area contributed by atoms with E-state index in [4.69, 9.17) is 0 Å². The number of hydrogen-bond acceptors (Lipinski definition) is 3. The lowest BCUT2D eigenvalue weighted by Gasteiger charge is -2.22. The van der Waals surface area contributed by atoms with Gasteiger partial charge in [0.2, 0.25) is 5.91 Å². The van der Waals surface area contributed by atoms with Crippen LogP contribution in [-0.4, -0.2) is 50.1 Å². The largest absolute Gasteiger partial charge is 0.356 e. The van der Waals surface area contributed by atoms with Gasteiger partial charge in [0.15, 0.2) is 0 Å². The van der Waals surface area contributed by atoms with Crippen molar-refractivity contribution >= 4 is 30.7 Å². The number of hydrogen-bond donors (Lipinski definition) is 2. The third-order valence-corrected chi connectivity index (χ3v) is 5.76. The smallest absolute Gasteiger partial charge is 0.220 e. The van der Waals surface area contributed by atoms with Crippen molar-refractivity contribution in [2.45, 2.75) is 38.5 Å². The Balaban J connectivity index is 0.00000182. The Bertz CT molecular complexity index is 523. The van der Waals surface area contributed by atoms with Crippen molar-refractivity contribution in [3.8, 4) is 0 Å². The monoisotopic (exact) mass is 415 g/mol. The normalized spacial score (nSPS) is 20.5. The second-order valence-electron chi connectivity index (χ2n) is 7.73. The number of rotatable bonds is 8. The maximum Gasteiger partial charge on any atom is 0.220 e. The van der Waals surface area contributed by atoms with Crippen LogP contribution >= 0.6 is 24.8 Å². The van der Waals surface area contributed by atoms with Crippen LogP contribution in [0.1, 0.15) is 37.7 Å². The molecule has 0 saturated carbocycles. The van der Waals surface area contributed by atoms with E-state index in [9.17, 15) is 4.79 Å². The first-order valence-electron chi connectivity index (χ1n) is 10.0. The van der Waals surface area contributed by atoms with Gasteiger partial charge in [-0.15, -0.1) is 24.8 Å². The van der Waals surface area contributed by atoms with Gasteiger partial charge in [-0.05, 0) is 69.1 Å². The summed E-state index contributed by atoms with van der Waals surface area (Å²) >= 11 is 0. The van der Waals surface area contributed by atoms with Gasteiger partial charge in [0.05, 0.1) is 0 Å². The summed E-state index contributed by atoms with van der Waals surface area (Å²) in [5.41, 5.74) is 1.41. The molecule has 2 aliphatic heterocycles. The van der Waals surface area contributed by atoms with E-state index in [0.717, 1.165) is 51.5 Å². The third-order valence-electron chi connectivity index (χ3n) is 5.76. The fourth-order valence-electron chi connectivity index (χ4n) is 4.07. The average Bonchev–Trinajstić information content (AvgIpc) is 3.13. The maximum atomic E-state index is 12.1. The van der Waals surface area contributed by atoms with Crippen molar-refractivity contribution < 1.29 is 4.79 Å². The molecule has 0 spiro atoms. The zero-order valence-electron chi connectivity index (χ0n) is 16.2. The Labute approximate surface area is 176 Å². The van der Waals surface area contributed by atoms with Gasteiger partial charge in [-0.25, -0.2) is 0 Å². The molecule has 4 nitrogen and oxygen atoms in total. The standard InChI is InChI=1S/C21H33N3O.2ClH/c25-21(7-6-19-8-12-22-13-9-19)23-16-20-11-15-24(17-20)14-10-18-4-2-1-3-5-18;;/h1-5,19-20,22H,6-17H2,(H,23,25);2*1H. The molecule has 27 heavy (non-hydrogen) atoms. The Morgan fingerprint density at radius 1 is 1.07 bits per heavy atom. The molecule has 1 amide bonds. The summed E-state index contributed by atoms with van der Waals surface area (Å²) in [4.78, 5) is 14.6. The van der Waals surface area contributed by atoms with Gasteiger partial charge in [-0.3, -0.25) is 4.79 Å². The first-order chi connectivity index (χ1) is 12.3. The summed E-state index contributed by atoms with van der Waals surface area (Å²) in [6, 6.07) is 10.7. The number of likely N-dealkylation sites (tertiary alicyclic amines) is 1. The Morgan fingerprint density at radius 2 is 1.81 bits per heavy atom. The van der Waals surface area contributed by atoms with Crippen LogP contribution in [0, 0.1) is 11.8 Å². The number of amides is 1. The fourth-order valence-corrected chi connectivity index (χ4v) is 4.07. The van der Waals surface area contributed by atoms with Crippen molar-refractivity contribution in [1.29, 1.82) is 0 Å². The molecule has 1 aromatic carbocycles. The molecule has 1 aromatic rings. The summed E-state index contributed by atoms with van der Waals surface area (Å²) in [5.74, 6) is 1.62. The van der Waals surface area contributed by atoms with E-state index < -0.39 is 0 Å². The lowest BCUT2D eigenvalue weighted by atomic mass is 9.93. The molecule has 0 aliphatic carbocycles. The number of benzene rings is 1. The summed E-state index contributed by atoms with van der Waals surface area (Å²) in [7, 11) is 0. The molecule has 0 radical (unpaired) electrons. The second kappa shape index (κ2) is 13.4. The van der Waals surface area contributed by atoms with Crippen LogP contribution < -0.4 is 10.6 Å². The van der Waals surface area contributed by atoms with Gasteiger partial charge in [0, 0.05) is 26.1 Å². The summed E-state index contributed by atoms with van der Waals surface area (Å²) in [5, 5.41) is 6.56. The van der Waals surface area contributed by atoms with E-state index in [2.05, 4.69) is 45.9 Å². The lowest BCUT2D eigenvalue weighted by Crippen LogP contribution is -2.32. The molecule has 0 aromatic heterocycles. The molecule has 1 unspecified atom stereocenters. The molecule has 1 atom stereocenters. The summed E-state index contributed by atoms with van der Waals surface area (Å²) < 4.78 is 0. The van der Waals surface area contributed by atoms with Crippen LogP contribution in [0.3, 0.4) is 0 Å². The van der Waals surface area contributed by atoms with E-state index in [0.29, 0.717) is 12.3 Å². The SMILES string of the molecule is Cl.Cl.O=C(CCC1CCNCC1)NCC1CCN(CCc2ccccc2)C1. The number of carbonyl (C=O) groups is 1. The van der Waals surface area contributed by atoms with Crippen molar-refractivity contribution in [3.05, 3.63) is 35.9 Å². The van der Waals surface area contributed by atoms with E-state index in [1.807, 2.05) is 0 Å². The van der Waals surface area contributed by atoms with Crippen LogP contribution in [-0.2, 0) is 11.2 Å². The highest BCUT2D eigenvalue weighted by Crippen LogP contribution is 2.18. The van der Waals surface area contributed by atoms with Crippen molar-refractivity contribution in [2.75, 3.05) is 39.3 Å². The van der Waals surface area contributed by atoms with Gasteiger partial charge in [0.25, 0.3) is 0 Å². The number of halogens is 2. The van der Waals surface area contributed by atoms with E-state index >= 15 is 0 Å². The predicted octanol–water partition coefficient (Wildman–Crippen LogP) is 3.29. The van der Waals surface area contributed by atoms with Gasteiger partial charge in [-0.1, -0.05) is 30.3 Å². The lowest BCUT2D eigenvalue weighted by molar-refractivity contribution is -0.121. The zero-order valence-corrected chi connectivity index (χ0v) is 17.8. The van der Waals surface area contributed by atoms with Crippen molar-refractivity contribution in [3.63, 3.8) is 0 Å². The number of carbonyl (C=O) groups excluding carboxylic acids is 1. The summed E-state index contributed by atoms with van der Waals surface area (Å²) in [6.45, 7) is 6.52. The first kappa shape index (κ1) is 24.2. The van der Waals surface area contributed by atoms with E-state index in [-0.39, 0.29) is 30.7 Å². The molecule has 6 heteroatoms. The molecule has 3 rings (SSSR count). The van der Waals surface area contributed by atoms with Crippen LogP contribution in [0.4, 0.5) is 0 Å². The predicted molar refractivity (Wildman–Crippen MR) is 117 cm³/mol. The number of nitrogens with zero attached hydrogens (tertiary/aromatic N) is 1. The van der Waals surface area contributed by atoms with Gasteiger partial charge in [-0.2, -0.15) is 0 Å². The topological polar surface area (TPSA) is 44.4 Å². The first-order valence-corrected chi connectivity index (χ1v) is 10.0. The molecule has 2 N–H and O–H groups in total. The van der Waals surface area contributed by atoms with Crippen LogP contribution in [0.25, 0.3) is 0 Å². The minimum Gasteiger partial charge on any atom is -0.356 e. The molecule has 0 bridgehead atoms. The van der Waals surface area contributed by atoms with Crippen LogP contribution in [0.5, 0.6) is 0 Å². The second-order valence-corrected chi connectivity index (χ2v) is 7.73. The Morgan fingerprint density at radius 3 is 2.56 bits per heavy atom. The molecular formula is C21H35Cl2N3O. The van der Waals surface area contributed by atoms with Gasteiger partial charge in [0.1, 0.15) is 0 Å². The Kier molecular flexibility index (Phi) is 12.0. The maximum absolute atomic E-state index is 12.1. The highest BCUT2D eigenvalue weighted by atomic mass is 35.5. The Hall–Kier alpha value is -0.810. The minimum atomic E-state index is 0. The third kappa shape index (κ3) is 8.82. The van der Waals surface area contributed by atoms with Crippen molar-refractivity contribution in [2.24, 2.45) is 11.8 Å². The average molecular weight is 416 g/mol. The van der Waals surface area contributed by atoms with Crippen LogP contribution in [0.2, 0.25) is 0 Å². The molecule has 2 aliphatic rings. The highest BCUT2D eigenvalue weighted by molar-refractivity contribution is 5.85. The van der Waals surface area contributed by atoms with E-state index in [1.54, 1.807) is 0 Å². The quantitative estimate of drug-likeness (QED) is 0.684.